The van der Waals surface area contributed by atoms with Crippen molar-refractivity contribution in [3.63, 3.8) is 0 Å². The Morgan fingerprint density at radius 1 is 1.12 bits per heavy atom. The average Bonchev–Trinajstić information content (AvgIpc) is 3.13. The molecule has 3 N–H and O–H groups in total. The van der Waals surface area contributed by atoms with Crippen LogP contribution >= 0.6 is 0 Å². The molecule has 0 spiro atoms. The summed E-state index contributed by atoms with van der Waals surface area (Å²) in [6.07, 6.45) is -2.48. The third-order valence-electron chi connectivity index (χ3n) is 4.47. The van der Waals surface area contributed by atoms with Crippen LogP contribution in [-0.4, -0.2) is 29.1 Å². The van der Waals surface area contributed by atoms with Gasteiger partial charge in [-0.05, 0) is 35.7 Å². The second kappa shape index (κ2) is 8.71. The van der Waals surface area contributed by atoms with Crippen LogP contribution in [0.1, 0.15) is 46.9 Å². The molecule has 0 saturated heterocycles. The number of benzene rings is 1. The van der Waals surface area contributed by atoms with Crippen LogP contribution in [0.3, 0.4) is 0 Å². The highest BCUT2D eigenvalue weighted by Gasteiger charge is 2.31. The van der Waals surface area contributed by atoms with Gasteiger partial charge in [0.1, 0.15) is 0 Å². The summed E-state index contributed by atoms with van der Waals surface area (Å²) < 4.78 is 62.1. The Hall–Kier alpha value is -3.25. The molecule has 0 aliphatic rings. The van der Waals surface area contributed by atoms with E-state index in [4.69, 9.17) is 5.14 Å². The highest BCUT2D eigenvalue weighted by Crippen LogP contribution is 2.29. The SMILES string of the molecule is CC(C)c1c(C(=O)Nc2ccc(CS(N)(=O)=O)cc2)cnn1-c1ccc(C(F)(F)F)cn1. The first kappa shape index (κ1) is 23.4. The number of pyridine rings is 1. The zero-order valence-electron chi connectivity index (χ0n) is 17.1. The second-order valence-corrected chi connectivity index (χ2v) is 8.99. The monoisotopic (exact) mass is 467 g/mol. The van der Waals surface area contributed by atoms with Crippen LogP contribution in [0.25, 0.3) is 5.82 Å². The quantitative estimate of drug-likeness (QED) is 0.575. The number of anilines is 1. The first-order valence-corrected chi connectivity index (χ1v) is 11.1. The van der Waals surface area contributed by atoms with E-state index < -0.39 is 27.7 Å². The van der Waals surface area contributed by atoms with Crippen LogP contribution in [0.15, 0.2) is 48.8 Å². The highest BCUT2D eigenvalue weighted by atomic mass is 32.2. The van der Waals surface area contributed by atoms with Crippen LogP contribution in [-0.2, 0) is 22.0 Å². The maximum absolute atomic E-state index is 12.8. The maximum Gasteiger partial charge on any atom is 0.417 e. The van der Waals surface area contributed by atoms with Crippen molar-refractivity contribution in [2.45, 2.75) is 31.7 Å². The van der Waals surface area contributed by atoms with Crippen molar-refractivity contribution < 1.29 is 26.4 Å². The van der Waals surface area contributed by atoms with Crippen LogP contribution in [0, 0.1) is 0 Å². The number of carbonyl (C=O) groups excluding carboxylic acids is 1. The van der Waals surface area contributed by atoms with E-state index >= 15 is 0 Å². The second-order valence-electron chi connectivity index (χ2n) is 7.37. The Balaban J connectivity index is 1.85. The number of nitrogens with zero attached hydrogens (tertiary/aromatic N) is 3. The molecule has 3 aromatic rings. The fraction of sp³-hybridized carbons (Fsp3) is 0.250. The molecule has 0 radical (unpaired) electrons. The molecular weight excluding hydrogens is 447 g/mol. The van der Waals surface area contributed by atoms with E-state index in [9.17, 15) is 26.4 Å². The predicted molar refractivity (Wildman–Crippen MR) is 112 cm³/mol. The van der Waals surface area contributed by atoms with Gasteiger partial charge in [0, 0.05) is 11.9 Å². The highest BCUT2D eigenvalue weighted by molar-refractivity contribution is 7.88. The van der Waals surface area contributed by atoms with Crippen LogP contribution in [0.2, 0.25) is 0 Å². The van der Waals surface area contributed by atoms with Crippen LogP contribution < -0.4 is 10.5 Å². The van der Waals surface area contributed by atoms with E-state index in [0.717, 1.165) is 6.07 Å². The van der Waals surface area contributed by atoms with Crippen LogP contribution in [0.4, 0.5) is 18.9 Å². The molecule has 170 valence electrons. The molecular formula is C20H20F3N5O3S. The predicted octanol–water partition coefficient (Wildman–Crippen LogP) is 3.45. The topological polar surface area (TPSA) is 120 Å². The van der Waals surface area contributed by atoms with Gasteiger partial charge in [0.05, 0.1) is 28.8 Å². The van der Waals surface area contributed by atoms with E-state index in [1.165, 1.54) is 41.2 Å². The first-order valence-electron chi connectivity index (χ1n) is 9.37. The molecule has 0 unspecified atom stereocenters. The smallest absolute Gasteiger partial charge is 0.322 e. The van der Waals surface area contributed by atoms with E-state index in [1.54, 1.807) is 0 Å². The number of nitrogens with two attached hydrogens (primary N) is 1. The molecule has 2 heterocycles. The van der Waals surface area contributed by atoms with Gasteiger partial charge in [0.15, 0.2) is 5.82 Å². The van der Waals surface area contributed by atoms with Gasteiger partial charge in [-0.3, -0.25) is 4.79 Å². The molecule has 0 atom stereocenters. The van der Waals surface area contributed by atoms with Crippen molar-refractivity contribution in [3.8, 4) is 5.82 Å². The largest absolute Gasteiger partial charge is 0.417 e. The lowest BCUT2D eigenvalue weighted by Crippen LogP contribution is -2.16. The third-order valence-corrected chi connectivity index (χ3v) is 5.21. The number of primary sulfonamides is 1. The van der Waals surface area contributed by atoms with E-state index in [1.807, 2.05) is 13.8 Å². The zero-order valence-corrected chi connectivity index (χ0v) is 17.9. The Morgan fingerprint density at radius 3 is 2.28 bits per heavy atom. The average molecular weight is 467 g/mol. The Morgan fingerprint density at radius 2 is 1.78 bits per heavy atom. The standard InChI is InChI=1S/C20H20F3N5O3S/c1-12(2)18-16(10-26-28(18)17-8-5-14(9-25-17)20(21,22)23)19(29)27-15-6-3-13(4-7-15)11-32(24,30)31/h3-10,12H,11H2,1-2H3,(H,27,29)(H2,24,30,31). The molecule has 0 aliphatic heterocycles. The number of hydrogen-bond acceptors (Lipinski definition) is 5. The number of alkyl halides is 3. The van der Waals surface area contributed by atoms with Gasteiger partial charge in [-0.1, -0.05) is 26.0 Å². The fourth-order valence-corrected chi connectivity index (χ4v) is 3.72. The number of amides is 1. The Labute approximate surface area is 182 Å². The van der Waals surface area contributed by atoms with Gasteiger partial charge in [-0.25, -0.2) is 23.2 Å². The maximum atomic E-state index is 12.8. The number of carbonyl (C=O) groups is 1. The molecule has 8 nitrogen and oxygen atoms in total. The molecule has 1 aromatic carbocycles. The summed E-state index contributed by atoms with van der Waals surface area (Å²) in [6, 6.07) is 8.22. The molecule has 0 aliphatic carbocycles. The summed E-state index contributed by atoms with van der Waals surface area (Å²) >= 11 is 0. The minimum absolute atomic E-state index is 0.146. The van der Waals surface area contributed by atoms with Gasteiger partial charge in [-0.15, -0.1) is 0 Å². The van der Waals surface area contributed by atoms with E-state index in [2.05, 4.69) is 15.4 Å². The molecule has 2 aromatic heterocycles. The normalized spacial score (nSPS) is 12.2. The number of aromatic nitrogens is 3. The summed E-state index contributed by atoms with van der Waals surface area (Å²) in [5.74, 6) is -0.857. The lowest BCUT2D eigenvalue weighted by Gasteiger charge is -2.13. The minimum Gasteiger partial charge on any atom is -0.322 e. The zero-order chi connectivity index (χ0) is 23.7. The van der Waals surface area contributed by atoms with Gasteiger partial charge in [0.2, 0.25) is 10.0 Å². The van der Waals surface area contributed by atoms with Gasteiger partial charge >= 0.3 is 6.18 Å². The summed E-state index contributed by atoms with van der Waals surface area (Å²) in [5, 5.41) is 11.9. The molecule has 32 heavy (non-hydrogen) atoms. The summed E-state index contributed by atoms with van der Waals surface area (Å²) in [5.41, 5.74) is 0.706. The summed E-state index contributed by atoms with van der Waals surface area (Å²) in [6.45, 7) is 3.63. The summed E-state index contributed by atoms with van der Waals surface area (Å²) in [7, 11) is -3.67. The minimum atomic E-state index is -4.51. The van der Waals surface area contributed by atoms with Crippen molar-refractivity contribution in [2.24, 2.45) is 5.14 Å². The van der Waals surface area contributed by atoms with Gasteiger partial charge in [0.25, 0.3) is 5.91 Å². The number of halogens is 3. The number of nitrogens with one attached hydrogen (secondary N) is 1. The lowest BCUT2D eigenvalue weighted by atomic mass is 10.1. The molecule has 3 rings (SSSR count). The molecule has 0 saturated carbocycles. The number of hydrogen-bond donors (Lipinski definition) is 2. The first-order chi connectivity index (χ1) is 14.8. The Bertz CT molecular complexity index is 1220. The van der Waals surface area contributed by atoms with Gasteiger partial charge in [-0.2, -0.15) is 18.3 Å². The molecule has 0 bridgehead atoms. The van der Waals surface area contributed by atoms with E-state index in [0.29, 0.717) is 23.1 Å². The number of rotatable bonds is 6. The fourth-order valence-electron chi connectivity index (χ4n) is 3.07. The Kier molecular flexibility index (Phi) is 6.37. The molecule has 1 amide bonds. The van der Waals surface area contributed by atoms with Gasteiger partial charge < -0.3 is 5.32 Å². The van der Waals surface area contributed by atoms with E-state index in [-0.39, 0.29) is 23.1 Å². The van der Waals surface area contributed by atoms with Crippen molar-refractivity contribution in [1.82, 2.24) is 14.8 Å². The van der Waals surface area contributed by atoms with Crippen LogP contribution in [0.5, 0.6) is 0 Å². The number of sulfonamides is 1. The lowest BCUT2D eigenvalue weighted by molar-refractivity contribution is -0.137. The van der Waals surface area contributed by atoms with Crippen molar-refractivity contribution in [2.75, 3.05) is 5.32 Å². The third kappa shape index (κ3) is 5.51. The molecule has 12 heteroatoms. The van der Waals surface area contributed by atoms with Crippen molar-refractivity contribution in [1.29, 1.82) is 0 Å². The molecule has 0 fully saturated rings. The van der Waals surface area contributed by atoms with Crippen molar-refractivity contribution in [3.05, 3.63) is 71.2 Å². The summed E-state index contributed by atoms with van der Waals surface area (Å²) in [4.78, 5) is 16.7. The van der Waals surface area contributed by atoms with Crippen molar-refractivity contribution >= 4 is 21.6 Å².